The Hall–Kier alpha value is -1.83. The van der Waals surface area contributed by atoms with Crippen molar-refractivity contribution in [2.75, 3.05) is 0 Å². The van der Waals surface area contributed by atoms with Gasteiger partial charge >= 0.3 is 0 Å². The normalized spacial score (nSPS) is 10.3. The molecule has 76 valence electrons. The van der Waals surface area contributed by atoms with Gasteiger partial charge in [0, 0.05) is 18.0 Å². The minimum atomic E-state index is 0.108. The van der Waals surface area contributed by atoms with Gasteiger partial charge in [0.2, 0.25) is 0 Å². The van der Waals surface area contributed by atoms with Crippen LogP contribution in [-0.2, 0) is 0 Å². The zero-order valence-electron chi connectivity index (χ0n) is 8.90. The minimum absolute atomic E-state index is 0.108. The average molecular weight is 199 g/mol. The minimum Gasteiger partial charge on any atom is -0.323 e. The lowest BCUT2D eigenvalue weighted by Gasteiger charge is -2.10. The number of aryl methyl sites for hydroxylation is 1. The molecule has 0 atom stereocenters. The Bertz CT molecular complexity index is 483. The third-order valence-electron chi connectivity index (χ3n) is 2.49. The summed E-state index contributed by atoms with van der Waals surface area (Å²) < 4.78 is 1.96. The summed E-state index contributed by atoms with van der Waals surface area (Å²) in [6.45, 7) is 3.57. The van der Waals surface area contributed by atoms with Crippen LogP contribution < -0.4 is 0 Å². The maximum Gasteiger partial charge on any atom is 0.162 e. The first-order valence-electron chi connectivity index (χ1n) is 4.94. The molecular formula is C13H13NO. The molecule has 1 aromatic heterocycles. The standard InChI is InChI=1S/C13H13NO/c1-10-6-5-7-12(13(10)11(2)15)14-8-3-4-9-14/h3-9H,1-2H3. The van der Waals surface area contributed by atoms with Gasteiger partial charge in [-0.1, -0.05) is 12.1 Å². The fourth-order valence-electron chi connectivity index (χ4n) is 1.82. The van der Waals surface area contributed by atoms with Crippen molar-refractivity contribution < 1.29 is 4.79 Å². The molecule has 0 aliphatic heterocycles. The van der Waals surface area contributed by atoms with E-state index >= 15 is 0 Å². The number of ketones is 1. The maximum atomic E-state index is 11.6. The largest absolute Gasteiger partial charge is 0.323 e. The van der Waals surface area contributed by atoms with Crippen molar-refractivity contribution in [3.05, 3.63) is 53.9 Å². The highest BCUT2D eigenvalue weighted by atomic mass is 16.1. The molecule has 0 unspecified atom stereocenters. The first-order chi connectivity index (χ1) is 7.20. The second-order valence-electron chi connectivity index (χ2n) is 3.62. The van der Waals surface area contributed by atoms with Gasteiger partial charge in [0.25, 0.3) is 0 Å². The van der Waals surface area contributed by atoms with Crippen LogP contribution in [0.2, 0.25) is 0 Å². The van der Waals surface area contributed by atoms with E-state index < -0.39 is 0 Å². The first-order valence-corrected chi connectivity index (χ1v) is 4.94. The summed E-state index contributed by atoms with van der Waals surface area (Å²) in [4.78, 5) is 11.6. The molecule has 0 bridgehead atoms. The zero-order valence-corrected chi connectivity index (χ0v) is 8.90. The third-order valence-corrected chi connectivity index (χ3v) is 2.49. The monoisotopic (exact) mass is 199 g/mol. The molecule has 2 nitrogen and oxygen atoms in total. The van der Waals surface area contributed by atoms with E-state index in [2.05, 4.69) is 0 Å². The van der Waals surface area contributed by atoms with E-state index in [4.69, 9.17) is 0 Å². The fraction of sp³-hybridized carbons (Fsp3) is 0.154. The van der Waals surface area contributed by atoms with Crippen LogP contribution in [0.4, 0.5) is 0 Å². The van der Waals surface area contributed by atoms with E-state index in [1.807, 2.05) is 54.2 Å². The highest BCUT2D eigenvalue weighted by molar-refractivity contribution is 5.99. The number of carbonyl (C=O) groups is 1. The van der Waals surface area contributed by atoms with Gasteiger partial charge in [0.1, 0.15) is 0 Å². The topological polar surface area (TPSA) is 22.0 Å². The molecule has 2 heteroatoms. The SMILES string of the molecule is CC(=O)c1c(C)cccc1-n1cccc1. The van der Waals surface area contributed by atoms with E-state index in [0.29, 0.717) is 0 Å². The lowest BCUT2D eigenvalue weighted by atomic mass is 10.0. The number of carbonyl (C=O) groups excluding carboxylic acids is 1. The quantitative estimate of drug-likeness (QED) is 0.681. The predicted molar refractivity (Wildman–Crippen MR) is 60.5 cm³/mol. The van der Waals surface area contributed by atoms with E-state index in [1.165, 1.54) is 0 Å². The van der Waals surface area contributed by atoms with Gasteiger partial charge in [-0.15, -0.1) is 0 Å². The van der Waals surface area contributed by atoms with Gasteiger partial charge in [0.05, 0.1) is 5.69 Å². The molecule has 0 N–H and O–H groups in total. The number of nitrogens with zero attached hydrogens (tertiary/aromatic N) is 1. The molecule has 0 saturated carbocycles. The molecule has 0 aliphatic carbocycles. The lowest BCUT2D eigenvalue weighted by Crippen LogP contribution is -2.04. The summed E-state index contributed by atoms with van der Waals surface area (Å²) in [7, 11) is 0. The van der Waals surface area contributed by atoms with E-state index in [1.54, 1.807) is 6.92 Å². The number of rotatable bonds is 2. The van der Waals surface area contributed by atoms with Gasteiger partial charge in [-0.05, 0) is 37.6 Å². The molecule has 15 heavy (non-hydrogen) atoms. The second-order valence-corrected chi connectivity index (χ2v) is 3.62. The molecule has 2 aromatic rings. The van der Waals surface area contributed by atoms with Crippen LogP contribution >= 0.6 is 0 Å². The summed E-state index contributed by atoms with van der Waals surface area (Å²) in [5, 5.41) is 0. The summed E-state index contributed by atoms with van der Waals surface area (Å²) >= 11 is 0. The van der Waals surface area contributed by atoms with Crippen LogP contribution in [0.5, 0.6) is 0 Å². The van der Waals surface area contributed by atoms with Crippen molar-refractivity contribution in [3.63, 3.8) is 0 Å². The zero-order chi connectivity index (χ0) is 10.8. The molecule has 0 fully saturated rings. The van der Waals surface area contributed by atoms with E-state index in [9.17, 15) is 4.79 Å². The number of benzene rings is 1. The first kappa shape index (κ1) is 9.71. The fourth-order valence-corrected chi connectivity index (χ4v) is 1.82. The Morgan fingerprint density at radius 1 is 1.13 bits per heavy atom. The van der Waals surface area contributed by atoms with Crippen molar-refractivity contribution in [2.45, 2.75) is 13.8 Å². The van der Waals surface area contributed by atoms with Gasteiger partial charge in [-0.2, -0.15) is 0 Å². The molecular weight excluding hydrogens is 186 g/mol. The van der Waals surface area contributed by atoms with Crippen LogP contribution in [0.1, 0.15) is 22.8 Å². The number of hydrogen-bond acceptors (Lipinski definition) is 1. The van der Waals surface area contributed by atoms with Crippen molar-refractivity contribution >= 4 is 5.78 Å². The average Bonchev–Trinajstić information content (AvgIpc) is 2.69. The van der Waals surface area contributed by atoms with Crippen LogP contribution in [-0.4, -0.2) is 10.4 Å². The number of Topliss-reactive ketones (excluding diaryl/α,β-unsaturated/α-hetero) is 1. The molecule has 0 aliphatic rings. The number of hydrogen-bond donors (Lipinski definition) is 0. The molecule has 0 spiro atoms. The van der Waals surface area contributed by atoms with Crippen LogP contribution in [0, 0.1) is 6.92 Å². The molecule has 2 rings (SSSR count). The maximum absolute atomic E-state index is 11.6. The van der Waals surface area contributed by atoms with Crippen LogP contribution in [0.15, 0.2) is 42.7 Å². The van der Waals surface area contributed by atoms with Crippen molar-refractivity contribution in [1.82, 2.24) is 4.57 Å². The molecule has 0 radical (unpaired) electrons. The van der Waals surface area contributed by atoms with Gasteiger partial charge < -0.3 is 4.57 Å². The van der Waals surface area contributed by atoms with E-state index in [-0.39, 0.29) is 5.78 Å². The summed E-state index contributed by atoms with van der Waals surface area (Å²) in [5.41, 5.74) is 2.77. The van der Waals surface area contributed by atoms with Crippen LogP contribution in [0.25, 0.3) is 5.69 Å². The molecule has 0 saturated heterocycles. The highest BCUT2D eigenvalue weighted by Crippen LogP contribution is 2.19. The Balaban J connectivity index is 2.66. The Morgan fingerprint density at radius 2 is 1.80 bits per heavy atom. The molecule has 1 aromatic carbocycles. The Labute approximate surface area is 89.2 Å². The van der Waals surface area contributed by atoms with Crippen molar-refractivity contribution in [1.29, 1.82) is 0 Å². The smallest absolute Gasteiger partial charge is 0.162 e. The van der Waals surface area contributed by atoms with E-state index in [0.717, 1.165) is 16.8 Å². The van der Waals surface area contributed by atoms with Gasteiger partial charge in [-0.25, -0.2) is 0 Å². The summed E-state index contributed by atoms with van der Waals surface area (Å²) in [5.74, 6) is 0.108. The highest BCUT2D eigenvalue weighted by Gasteiger charge is 2.10. The van der Waals surface area contributed by atoms with Gasteiger partial charge in [-0.3, -0.25) is 4.79 Å². The third kappa shape index (κ3) is 1.71. The molecule has 0 amide bonds. The second kappa shape index (κ2) is 3.73. The summed E-state index contributed by atoms with van der Waals surface area (Å²) in [6.07, 6.45) is 3.89. The Morgan fingerprint density at radius 3 is 2.40 bits per heavy atom. The lowest BCUT2D eigenvalue weighted by molar-refractivity contribution is 0.101. The van der Waals surface area contributed by atoms with Crippen molar-refractivity contribution in [2.24, 2.45) is 0 Å². The van der Waals surface area contributed by atoms with Crippen molar-refractivity contribution in [3.8, 4) is 5.69 Å². The molecule has 1 heterocycles. The number of aromatic nitrogens is 1. The predicted octanol–water partition coefficient (Wildman–Crippen LogP) is 2.99. The summed E-state index contributed by atoms with van der Waals surface area (Å²) in [6, 6.07) is 9.79. The van der Waals surface area contributed by atoms with Crippen LogP contribution in [0.3, 0.4) is 0 Å². The van der Waals surface area contributed by atoms with Gasteiger partial charge in [0.15, 0.2) is 5.78 Å². The Kier molecular flexibility index (Phi) is 2.42.